The summed E-state index contributed by atoms with van der Waals surface area (Å²) in [7, 11) is 0. The topological polar surface area (TPSA) is 40.7 Å². The van der Waals surface area contributed by atoms with Crippen molar-refractivity contribution in [3.05, 3.63) is 26.7 Å². The van der Waals surface area contributed by atoms with Gasteiger partial charge in [-0.05, 0) is 30.0 Å². The third kappa shape index (κ3) is 2.19. The van der Waals surface area contributed by atoms with Gasteiger partial charge in [0.25, 0.3) is 0 Å². The smallest absolute Gasteiger partial charge is 0.205 e. The van der Waals surface area contributed by atoms with Crippen LogP contribution in [0.1, 0.15) is 17.0 Å². The number of anilines is 2. The molecule has 17 heavy (non-hydrogen) atoms. The summed E-state index contributed by atoms with van der Waals surface area (Å²) in [6, 6.07) is 0. The molecule has 1 aliphatic rings. The minimum atomic E-state index is 0.784. The number of fused-ring (bicyclic) bond motifs is 1. The van der Waals surface area contributed by atoms with E-state index in [0.29, 0.717) is 0 Å². The van der Waals surface area contributed by atoms with Gasteiger partial charge in [0.15, 0.2) is 0 Å². The second-order valence-corrected chi connectivity index (χ2v) is 6.59. The molecule has 0 amide bonds. The van der Waals surface area contributed by atoms with E-state index >= 15 is 0 Å². The van der Waals surface area contributed by atoms with Gasteiger partial charge in [-0.3, -0.25) is 0 Å². The predicted octanol–water partition coefficient (Wildman–Crippen LogP) is 3.97. The number of aryl methyl sites for hydroxylation is 2. The number of nitrogens with one attached hydrogen (secondary N) is 2. The number of halogens is 1. The quantitative estimate of drug-likeness (QED) is 0.877. The highest BCUT2D eigenvalue weighted by Crippen LogP contribution is 2.34. The zero-order valence-corrected chi connectivity index (χ0v) is 11.7. The second kappa shape index (κ2) is 4.55. The first-order chi connectivity index (χ1) is 8.24. The number of rotatable bonds is 2. The van der Waals surface area contributed by atoms with Gasteiger partial charge < -0.3 is 10.3 Å². The molecule has 0 aliphatic carbocycles. The Balaban J connectivity index is 1.88. The van der Waals surface area contributed by atoms with Crippen molar-refractivity contribution in [2.75, 3.05) is 11.1 Å². The molecule has 6 heteroatoms. The number of aromatic amines is 1. The first-order valence-electron chi connectivity index (χ1n) is 5.40. The Kier molecular flexibility index (Phi) is 3.06. The van der Waals surface area contributed by atoms with Crippen molar-refractivity contribution in [3.8, 4) is 0 Å². The average molecular weight is 286 g/mol. The molecule has 0 saturated heterocycles. The molecule has 3 heterocycles. The van der Waals surface area contributed by atoms with Gasteiger partial charge in [0.05, 0.1) is 11.4 Å². The highest BCUT2D eigenvalue weighted by Gasteiger charge is 2.16. The summed E-state index contributed by atoms with van der Waals surface area (Å²) in [6.45, 7) is 2.05. The maximum atomic E-state index is 6.13. The Labute approximate surface area is 113 Å². The van der Waals surface area contributed by atoms with Crippen molar-refractivity contribution in [2.24, 2.45) is 0 Å². The molecule has 0 aromatic carbocycles. The van der Waals surface area contributed by atoms with E-state index in [4.69, 9.17) is 11.6 Å². The number of thioether (sulfide) groups is 1. The third-order valence-corrected chi connectivity index (χ3v) is 5.08. The number of aromatic nitrogens is 2. The van der Waals surface area contributed by atoms with Gasteiger partial charge in [0.2, 0.25) is 5.95 Å². The molecule has 0 fully saturated rings. The SMILES string of the molecule is Cc1csc(Cl)c1Nc1nc2c([nH]1)CCSC2. The van der Waals surface area contributed by atoms with E-state index in [0.717, 1.165) is 33.7 Å². The number of hydrogen-bond acceptors (Lipinski definition) is 4. The van der Waals surface area contributed by atoms with Crippen LogP contribution in [0, 0.1) is 6.92 Å². The molecule has 0 radical (unpaired) electrons. The van der Waals surface area contributed by atoms with Crippen molar-refractivity contribution in [3.63, 3.8) is 0 Å². The lowest BCUT2D eigenvalue weighted by atomic mass is 10.3. The van der Waals surface area contributed by atoms with Crippen LogP contribution in [-0.2, 0) is 12.2 Å². The lowest BCUT2D eigenvalue weighted by Crippen LogP contribution is -2.00. The number of hydrogen-bond donors (Lipinski definition) is 2. The molecule has 0 bridgehead atoms. The van der Waals surface area contributed by atoms with Crippen LogP contribution in [0.4, 0.5) is 11.6 Å². The number of H-pyrrole nitrogens is 1. The van der Waals surface area contributed by atoms with E-state index in [1.807, 2.05) is 24.1 Å². The number of thiophene rings is 1. The van der Waals surface area contributed by atoms with Crippen molar-refractivity contribution >= 4 is 46.3 Å². The Morgan fingerprint density at radius 2 is 2.41 bits per heavy atom. The summed E-state index contributed by atoms with van der Waals surface area (Å²) in [6.07, 6.45) is 1.07. The molecule has 90 valence electrons. The maximum Gasteiger partial charge on any atom is 0.205 e. The fraction of sp³-hybridized carbons (Fsp3) is 0.364. The summed E-state index contributed by atoms with van der Waals surface area (Å²) in [5.74, 6) is 2.98. The Hall–Kier alpha value is -0.650. The van der Waals surface area contributed by atoms with Gasteiger partial charge in [-0.15, -0.1) is 11.3 Å². The summed E-state index contributed by atoms with van der Waals surface area (Å²) in [4.78, 5) is 7.90. The largest absolute Gasteiger partial charge is 0.328 e. The van der Waals surface area contributed by atoms with Gasteiger partial charge in [-0.2, -0.15) is 11.8 Å². The lowest BCUT2D eigenvalue weighted by molar-refractivity contribution is 1.02. The maximum absolute atomic E-state index is 6.13. The van der Waals surface area contributed by atoms with Crippen LogP contribution in [0.5, 0.6) is 0 Å². The zero-order valence-electron chi connectivity index (χ0n) is 9.34. The molecule has 0 spiro atoms. The van der Waals surface area contributed by atoms with E-state index in [-0.39, 0.29) is 0 Å². The lowest BCUT2D eigenvalue weighted by Gasteiger charge is -2.07. The molecule has 2 aromatic heterocycles. The normalized spacial score (nSPS) is 14.7. The molecule has 2 N–H and O–H groups in total. The summed E-state index contributed by atoms with van der Waals surface area (Å²) >= 11 is 9.61. The number of nitrogens with zero attached hydrogens (tertiary/aromatic N) is 1. The first kappa shape index (κ1) is 11.4. The molecule has 3 nitrogen and oxygen atoms in total. The standard InChI is InChI=1S/C11H12ClN3S2/c1-6-4-17-10(12)9(6)15-11-13-7-2-3-16-5-8(7)14-11/h4H,2-3,5H2,1H3,(H2,13,14,15). The van der Waals surface area contributed by atoms with Crippen LogP contribution in [-0.4, -0.2) is 15.7 Å². The van der Waals surface area contributed by atoms with Crippen LogP contribution in [0.3, 0.4) is 0 Å². The minimum absolute atomic E-state index is 0.784. The minimum Gasteiger partial charge on any atom is -0.328 e. The summed E-state index contributed by atoms with van der Waals surface area (Å²) < 4.78 is 0.784. The highest BCUT2D eigenvalue weighted by atomic mass is 35.5. The molecule has 2 aromatic rings. The fourth-order valence-electron chi connectivity index (χ4n) is 1.85. The first-order valence-corrected chi connectivity index (χ1v) is 7.81. The van der Waals surface area contributed by atoms with Gasteiger partial charge >= 0.3 is 0 Å². The molecule has 3 rings (SSSR count). The zero-order chi connectivity index (χ0) is 11.8. The molecule has 1 aliphatic heterocycles. The van der Waals surface area contributed by atoms with Crippen molar-refractivity contribution in [2.45, 2.75) is 19.1 Å². The summed E-state index contributed by atoms with van der Waals surface area (Å²) in [5, 5.41) is 5.33. The van der Waals surface area contributed by atoms with Crippen LogP contribution in [0.2, 0.25) is 4.34 Å². The Morgan fingerprint density at radius 3 is 3.12 bits per heavy atom. The molecule has 0 unspecified atom stereocenters. The van der Waals surface area contributed by atoms with Crippen LogP contribution < -0.4 is 5.32 Å². The van der Waals surface area contributed by atoms with Crippen LogP contribution >= 0.6 is 34.7 Å². The van der Waals surface area contributed by atoms with Gasteiger partial charge in [-0.1, -0.05) is 11.6 Å². The second-order valence-electron chi connectivity index (χ2n) is 4.01. The monoisotopic (exact) mass is 285 g/mol. The summed E-state index contributed by atoms with van der Waals surface area (Å²) in [5.41, 5.74) is 4.56. The molecular formula is C11H12ClN3S2. The van der Waals surface area contributed by atoms with Crippen LogP contribution in [0.15, 0.2) is 5.38 Å². The van der Waals surface area contributed by atoms with Crippen LogP contribution in [0.25, 0.3) is 0 Å². The van der Waals surface area contributed by atoms with E-state index < -0.39 is 0 Å². The van der Waals surface area contributed by atoms with Crippen molar-refractivity contribution < 1.29 is 0 Å². The van der Waals surface area contributed by atoms with Crippen molar-refractivity contribution in [1.29, 1.82) is 0 Å². The molecule has 0 saturated carbocycles. The van der Waals surface area contributed by atoms with E-state index in [2.05, 4.69) is 15.3 Å². The van der Waals surface area contributed by atoms with Gasteiger partial charge in [0, 0.05) is 11.4 Å². The van der Waals surface area contributed by atoms with Gasteiger partial charge in [0.1, 0.15) is 4.34 Å². The van der Waals surface area contributed by atoms with E-state index in [9.17, 15) is 0 Å². The predicted molar refractivity (Wildman–Crippen MR) is 75.8 cm³/mol. The van der Waals surface area contributed by atoms with E-state index in [1.165, 1.54) is 17.1 Å². The molecular weight excluding hydrogens is 274 g/mol. The Bertz CT molecular complexity index is 504. The Morgan fingerprint density at radius 1 is 1.53 bits per heavy atom. The number of imidazole rings is 1. The average Bonchev–Trinajstić information content (AvgIpc) is 2.87. The van der Waals surface area contributed by atoms with E-state index in [1.54, 1.807) is 11.3 Å². The van der Waals surface area contributed by atoms with Crippen molar-refractivity contribution in [1.82, 2.24) is 9.97 Å². The third-order valence-electron chi connectivity index (χ3n) is 2.77. The van der Waals surface area contributed by atoms with Gasteiger partial charge in [-0.25, -0.2) is 4.98 Å². The highest BCUT2D eigenvalue weighted by molar-refractivity contribution is 7.98. The molecule has 0 atom stereocenters. The fourth-order valence-corrected chi connectivity index (χ4v) is 3.84.